The summed E-state index contributed by atoms with van der Waals surface area (Å²) in [4.78, 5) is 29.4. The van der Waals surface area contributed by atoms with Crippen LogP contribution in [0.25, 0.3) is 0 Å². The lowest BCUT2D eigenvalue weighted by atomic mass is 10.0. The van der Waals surface area contributed by atoms with Gasteiger partial charge in [0.2, 0.25) is 11.8 Å². The molecule has 1 N–H and O–H groups in total. The Morgan fingerprint density at radius 2 is 1.46 bits per heavy atom. The Morgan fingerprint density at radius 1 is 0.820 bits per heavy atom. The first-order valence-corrected chi connectivity index (χ1v) is 18.1. The van der Waals surface area contributed by atoms with Gasteiger partial charge >= 0.3 is 6.18 Å². The average molecular weight is 769 g/mol. The predicted octanol–water partition coefficient (Wildman–Crippen LogP) is 8.58. The lowest BCUT2D eigenvalue weighted by Crippen LogP contribution is -2.53. The number of rotatable bonds is 13. The number of nitrogens with one attached hydrogen (secondary N) is 1. The minimum Gasteiger partial charge on any atom is -0.354 e. The van der Waals surface area contributed by atoms with Gasteiger partial charge in [-0.05, 0) is 66.4 Å². The molecule has 0 radical (unpaired) electrons. The van der Waals surface area contributed by atoms with Crippen LogP contribution in [0.1, 0.15) is 36.1 Å². The smallest absolute Gasteiger partial charge is 0.354 e. The zero-order chi connectivity index (χ0) is 36.8. The van der Waals surface area contributed by atoms with Crippen molar-refractivity contribution in [2.75, 3.05) is 17.4 Å². The zero-order valence-electron chi connectivity index (χ0n) is 27.3. The summed E-state index contributed by atoms with van der Waals surface area (Å²) in [5.41, 5.74) is 0.188. The van der Waals surface area contributed by atoms with Crippen molar-refractivity contribution < 1.29 is 31.2 Å². The maximum Gasteiger partial charge on any atom is 0.417 e. The molecule has 50 heavy (non-hydrogen) atoms. The van der Waals surface area contributed by atoms with E-state index in [1.807, 2.05) is 13.8 Å². The molecule has 0 bridgehead atoms. The quantitative estimate of drug-likeness (QED) is 0.148. The van der Waals surface area contributed by atoms with Gasteiger partial charge in [-0.3, -0.25) is 13.9 Å². The summed E-state index contributed by atoms with van der Waals surface area (Å²) < 4.78 is 70.9. The van der Waals surface area contributed by atoms with Crippen LogP contribution in [0.5, 0.6) is 0 Å². The molecule has 266 valence electrons. The Morgan fingerprint density at radius 3 is 2.06 bits per heavy atom. The van der Waals surface area contributed by atoms with Crippen molar-refractivity contribution in [3.63, 3.8) is 0 Å². The fourth-order valence-electron chi connectivity index (χ4n) is 5.06. The number of carbonyl (C=O) groups excluding carboxylic acids is 2. The number of amides is 2. The number of hydrogen-bond acceptors (Lipinski definition) is 4. The number of benzene rings is 4. The third-order valence-corrected chi connectivity index (χ3v) is 10.6. The van der Waals surface area contributed by atoms with E-state index in [2.05, 4.69) is 5.32 Å². The van der Waals surface area contributed by atoms with Crippen molar-refractivity contribution in [1.29, 1.82) is 0 Å². The second-order valence-electron chi connectivity index (χ2n) is 12.1. The molecule has 7 nitrogen and oxygen atoms in total. The molecular weight excluding hydrogens is 734 g/mol. The van der Waals surface area contributed by atoms with Crippen molar-refractivity contribution in [3.8, 4) is 0 Å². The summed E-state index contributed by atoms with van der Waals surface area (Å²) in [5, 5.41) is 2.66. The van der Waals surface area contributed by atoms with E-state index in [1.54, 1.807) is 43.3 Å². The van der Waals surface area contributed by atoms with Crippen LogP contribution in [0.4, 0.5) is 18.9 Å². The molecule has 1 unspecified atom stereocenters. The van der Waals surface area contributed by atoms with Gasteiger partial charge in [0.25, 0.3) is 10.0 Å². The minimum atomic E-state index is -4.93. The van der Waals surface area contributed by atoms with E-state index >= 15 is 0 Å². The molecule has 0 aliphatic carbocycles. The van der Waals surface area contributed by atoms with Crippen molar-refractivity contribution in [2.45, 2.75) is 50.9 Å². The first-order chi connectivity index (χ1) is 23.5. The van der Waals surface area contributed by atoms with Gasteiger partial charge in [0.1, 0.15) is 12.6 Å². The van der Waals surface area contributed by atoms with Gasteiger partial charge in [-0.25, -0.2) is 8.42 Å². The maximum absolute atomic E-state index is 14.6. The SMILES string of the molecule is Cc1ccc(S(=O)(=O)N(CC(=O)N(Cc2ccc(Cl)c(Cl)c2)C(Cc2ccccc2)C(=O)NCC(C)C)c2ccc(Cl)c(C(F)(F)F)c2)cc1. The summed E-state index contributed by atoms with van der Waals surface area (Å²) in [5.74, 6) is -1.30. The number of anilines is 1. The second kappa shape index (κ2) is 16.5. The van der Waals surface area contributed by atoms with E-state index in [0.29, 0.717) is 21.5 Å². The minimum absolute atomic E-state index is 0.0434. The Kier molecular flexibility index (Phi) is 12.9. The molecule has 2 amide bonds. The molecule has 0 saturated carbocycles. The highest BCUT2D eigenvalue weighted by Crippen LogP contribution is 2.38. The molecular formula is C36H35Cl3F3N3O4S. The normalized spacial score (nSPS) is 12.4. The van der Waals surface area contributed by atoms with E-state index < -0.39 is 56.9 Å². The number of carbonyl (C=O) groups is 2. The standard InChI is InChI=1S/C36H35Cl3F3N3O4S/c1-23(2)20-43-35(47)33(18-25-7-5-4-6-8-25)44(21-26-11-15-31(38)32(39)17-26)34(46)22-45(50(48,49)28-13-9-24(3)10-14-28)27-12-16-30(37)29(19-27)36(40,41)42/h4-17,19,23,33H,18,20-22H2,1-3H3,(H,43,47). The Bertz CT molecular complexity index is 1930. The van der Waals surface area contributed by atoms with Gasteiger partial charge in [0.15, 0.2) is 0 Å². The third kappa shape index (κ3) is 9.93. The molecule has 4 rings (SSSR count). The van der Waals surface area contributed by atoms with Crippen LogP contribution in [0.3, 0.4) is 0 Å². The summed E-state index contributed by atoms with van der Waals surface area (Å²) in [6.45, 7) is 4.66. The van der Waals surface area contributed by atoms with Crippen LogP contribution in [-0.4, -0.2) is 44.3 Å². The number of nitrogens with zero attached hydrogens (tertiary/aromatic N) is 2. The van der Waals surface area contributed by atoms with Gasteiger partial charge in [0, 0.05) is 19.5 Å². The molecule has 0 fully saturated rings. The van der Waals surface area contributed by atoms with Gasteiger partial charge in [-0.15, -0.1) is 0 Å². The summed E-state index contributed by atoms with van der Waals surface area (Å²) >= 11 is 18.3. The van der Waals surface area contributed by atoms with Crippen LogP contribution in [0.2, 0.25) is 15.1 Å². The molecule has 4 aromatic rings. The van der Waals surface area contributed by atoms with Gasteiger partial charge < -0.3 is 10.2 Å². The molecule has 1 atom stereocenters. The summed E-state index contributed by atoms with van der Waals surface area (Å²) in [6.07, 6.45) is -4.88. The lowest BCUT2D eigenvalue weighted by molar-refractivity contribution is -0.140. The monoisotopic (exact) mass is 767 g/mol. The first-order valence-electron chi connectivity index (χ1n) is 15.5. The largest absolute Gasteiger partial charge is 0.417 e. The number of alkyl halides is 3. The van der Waals surface area contributed by atoms with Crippen molar-refractivity contribution in [2.24, 2.45) is 5.92 Å². The predicted molar refractivity (Wildman–Crippen MR) is 191 cm³/mol. The van der Waals surface area contributed by atoms with E-state index in [9.17, 15) is 31.2 Å². The van der Waals surface area contributed by atoms with Crippen molar-refractivity contribution >= 4 is 62.3 Å². The number of sulfonamides is 1. The van der Waals surface area contributed by atoms with Crippen molar-refractivity contribution in [1.82, 2.24) is 10.2 Å². The van der Waals surface area contributed by atoms with Crippen LogP contribution in [-0.2, 0) is 38.8 Å². The summed E-state index contributed by atoms with van der Waals surface area (Å²) in [6, 6.07) is 20.7. The van der Waals surface area contributed by atoms with Crippen LogP contribution < -0.4 is 9.62 Å². The fraction of sp³-hybridized carbons (Fsp3) is 0.278. The fourth-order valence-corrected chi connectivity index (χ4v) is 7.01. The highest BCUT2D eigenvalue weighted by Gasteiger charge is 2.37. The highest BCUT2D eigenvalue weighted by molar-refractivity contribution is 7.92. The van der Waals surface area contributed by atoms with Crippen molar-refractivity contribution in [3.05, 3.63) is 128 Å². The molecule has 0 spiro atoms. The van der Waals surface area contributed by atoms with E-state index in [-0.39, 0.29) is 40.4 Å². The molecule has 0 heterocycles. The first kappa shape index (κ1) is 39.0. The van der Waals surface area contributed by atoms with Gasteiger partial charge in [0.05, 0.1) is 31.2 Å². The van der Waals surface area contributed by atoms with E-state index in [1.165, 1.54) is 41.3 Å². The Labute approximate surface area is 305 Å². The number of aryl methyl sites for hydroxylation is 1. The number of hydrogen-bond donors (Lipinski definition) is 1. The number of halogens is 6. The Balaban J connectivity index is 1.87. The van der Waals surface area contributed by atoms with Crippen LogP contribution in [0, 0.1) is 12.8 Å². The summed E-state index contributed by atoms with van der Waals surface area (Å²) in [7, 11) is -4.65. The molecule has 0 saturated heterocycles. The highest BCUT2D eigenvalue weighted by atomic mass is 35.5. The molecule has 0 aliphatic rings. The molecule has 14 heteroatoms. The third-order valence-electron chi connectivity index (χ3n) is 7.72. The van der Waals surface area contributed by atoms with Crippen LogP contribution >= 0.6 is 34.8 Å². The van der Waals surface area contributed by atoms with Gasteiger partial charge in [-0.2, -0.15) is 13.2 Å². The molecule has 0 aromatic heterocycles. The van der Waals surface area contributed by atoms with E-state index in [4.69, 9.17) is 34.8 Å². The average Bonchev–Trinajstić information content (AvgIpc) is 3.06. The maximum atomic E-state index is 14.6. The lowest BCUT2D eigenvalue weighted by Gasteiger charge is -2.34. The molecule has 4 aromatic carbocycles. The topological polar surface area (TPSA) is 86.8 Å². The van der Waals surface area contributed by atoms with E-state index in [0.717, 1.165) is 17.7 Å². The second-order valence-corrected chi connectivity index (χ2v) is 15.2. The van der Waals surface area contributed by atoms with Crippen LogP contribution in [0.15, 0.2) is 95.9 Å². The molecule has 0 aliphatic heterocycles. The Hall–Kier alpha value is -3.77. The zero-order valence-corrected chi connectivity index (χ0v) is 30.4. The van der Waals surface area contributed by atoms with Gasteiger partial charge in [-0.1, -0.05) is 103 Å².